The summed E-state index contributed by atoms with van der Waals surface area (Å²) in [5.41, 5.74) is 2.05. The van der Waals surface area contributed by atoms with Gasteiger partial charge in [0.1, 0.15) is 0 Å². The lowest BCUT2D eigenvalue weighted by Crippen LogP contribution is -2.37. The average Bonchev–Trinajstić information content (AvgIpc) is 2.43. The number of sulfonamides is 1. The lowest BCUT2D eigenvalue weighted by Gasteiger charge is -2.28. The highest BCUT2D eigenvalue weighted by atomic mass is 32.2. The number of hydrogen-bond acceptors (Lipinski definition) is 3. The second kappa shape index (κ2) is 5.93. The van der Waals surface area contributed by atoms with E-state index in [2.05, 4.69) is 0 Å². The topological polar surface area (TPSA) is 74.7 Å². The second-order valence-corrected chi connectivity index (χ2v) is 7.13. The zero-order valence-electron chi connectivity index (χ0n) is 11.5. The van der Waals surface area contributed by atoms with E-state index in [4.69, 9.17) is 5.11 Å². The molecule has 0 amide bonds. The molecule has 1 N–H and O–H groups in total. The zero-order chi connectivity index (χ0) is 14.8. The van der Waals surface area contributed by atoms with Crippen LogP contribution in [0.15, 0.2) is 18.2 Å². The Bertz CT molecular complexity index is 610. The molecule has 5 nitrogen and oxygen atoms in total. The van der Waals surface area contributed by atoms with E-state index in [-0.39, 0.29) is 17.9 Å². The standard InChI is InChI=1S/C14H19NO4S/c1-2-3-8-20(18,19)15-7-6-11-4-5-12(14(16)17)9-13(11)10-15/h4-5,9H,2-3,6-8,10H2,1H3,(H,16,17). The summed E-state index contributed by atoms with van der Waals surface area (Å²) in [6.07, 6.45) is 2.13. The minimum absolute atomic E-state index is 0.164. The largest absolute Gasteiger partial charge is 0.478 e. The molecule has 0 saturated heterocycles. The molecule has 0 bridgehead atoms. The third-order valence-electron chi connectivity index (χ3n) is 3.58. The molecule has 0 saturated carbocycles. The van der Waals surface area contributed by atoms with Crippen LogP contribution in [0.3, 0.4) is 0 Å². The van der Waals surface area contributed by atoms with E-state index in [0.29, 0.717) is 19.4 Å². The molecule has 0 radical (unpaired) electrons. The van der Waals surface area contributed by atoms with Gasteiger partial charge in [-0.15, -0.1) is 0 Å². The fourth-order valence-electron chi connectivity index (χ4n) is 2.36. The summed E-state index contributed by atoms with van der Waals surface area (Å²) in [6, 6.07) is 4.94. The highest BCUT2D eigenvalue weighted by molar-refractivity contribution is 7.89. The van der Waals surface area contributed by atoms with Crippen molar-refractivity contribution in [3.63, 3.8) is 0 Å². The summed E-state index contributed by atoms with van der Waals surface area (Å²) in [6.45, 7) is 2.72. The Morgan fingerprint density at radius 2 is 2.10 bits per heavy atom. The molecule has 1 aromatic rings. The van der Waals surface area contributed by atoms with Crippen molar-refractivity contribution < 1.29 is 18.3 Å². The molecule has 0 spiro atoms. The summed E-state index contributed by atoms with van der Waals surface area (Å²) in [4.78, 5) is 11.0. The maximum absolute atomic E-state index is 12.2. The number of fused-ring (bicyclic) bond motifs is 1. The predicted molar refractivity (Wildman–Crippen MR) is 76.2 cm³/mol. The second-order valence-electron chi connectivity index (χ2n) is 5.04. The molecule has 0 aliphatic carbocycles. The van der Waals surface area contributed by atoms with Crippen LogP contribution in [0.1, 0.15) is 41.3 Å². The van der Waals surface area contributed by atoms with Gasteiger partial charge in [0, 0.05) is 13.1 Å². The number of aromatic carboxylic acids is 1. The highest BCUT2D eigenvalue weighted by Gasteiger charge is 2.26. The third kappa shape index (κ3) is 3.19. The molecule has 1 heterocycles. The maximum atomic E-state index is 12.2. The Hall–Kier alpha value is -1.40. The van der Waals surface area contributed by atoms with Gasteiger partial charge in [0.05, 0.1) is 11.3 Å². The van der Waals surface area contributed by atoms with Crippen LogP contribution < -0.4 is 0 Å². The summed E-state index contributed by atoms with van der Waals surface area (Å²) in [5, 5.41) is 9.00. The molecular formula is C14H19NO4S. The summed E-state index contributed by atoms with van der Waals surface area (Å²) in [7, 11) is -3.24. The maximum Gasteiger partial charge on any atom is 0.335 e. The predicted octanol–water partition coefficient (Wildman–Crippen LogP) is 1.87. The quantitative estimate of drug-likeness (QED) is 0.900. The Morgan fingerprint density at radius 3 is 2.75 bits per heavy atom. The molecule has 1 aliphatic rings. The number of benzene rings is 1. The highest BCUT2D eigenvalue weighted by Crippen LogP contribution is 2.23. The van der Waals surface area contributed by atoms with Gasteiger partial charge in [-0.1, -0.05) is 19.4 Å². The van der Waals surface area contributed by atoms with Gasteiger partial charge in [0.2, 0.25) is 10.0 Å². The fourth-order valence-corrected chi connectivity index (χ4v) is 3.97. The number of carboxylic acid groups (broad SMARTS) is 1. The molecule has 0 aromatic heterocycles. The van der Waals surface area contributed by atoms with Gasteiger partial charge >= 0.3 is 5.97 Å². The number of nitrogens with zero attached hydrogens (tertiary/aromatic N) is 1. The van der Waals surface area contributed by atoms with E-state index in [0.717, 1.165) is 17.5 Å². The van der Waals surface area contributed by atoms with Crippen LogP contribution in [0.4, 0.5) is 0 Å². The summed E-state index contributed by atoms with van der Waals surface area (Å²) in [5.74, 6) is -0.823. The van der Waals surface area contributed by atoms with Gasteiger partial charge in [-0.05, 0) is 36.1 Å². The monoisotopic (exact) mass is 297 g/mol. The van der Waals surface area contributed by atoms with E-state index in [1.165, 1.54) is 4.31 Å². The molecule has 0 atom stereocenters. The lowest BCUT2D eigenvalue weighted by molar-refractivity contribution is 0.0696. The van der Waals surface area contributed by atoms with Crippen LogP contribution in [-0.2, 0) is 23.0 Å². The smallest absolute Gasteiger partial charge is 0.335 e. The molecule has 20 heavy (non-hydrogen) atoms. The van der Waals surface area contributed by atoms with Crippen molar-refractivity contribution in [1.82, 2.24) is 4.31 Å². The van der Waals surface area contributed by atoms with Crippen LogP contribution in [0.2, 0.25) is 0 Å². The first-order valence-electron chi connectivity index (χ1n) is 6.77. The number of rotatable bonds is 5. The van der Waals surface area contributed by atoms with Crippen molar-refractivity contribution in [2.75, 3.05) is 12.3 Å². The number of hydrogen-bond donors (Lipinski definition) is 1. The molecule has 2 rings (SSSR count). The van der Waals surface area contributed by atoms with Crippen molar-refractivity contribution in [2.45, 2.75) is 32.7 Å². The number of carbonyl (C=O) groups is 1. The van der Waals surface area contributed by atoms with Crippen LogP contribution in [0, 0.1) is 0 Å². The molecule has 6 heteroatoms. The van der Waals surface area contributed by atoms with E-state index < -0.39 is 16.0 Å². The minimum Gasteiger partial charge on any atom is -0.478 e. The van der Waals surface area contributed by atoms with Crippen molar-refractivity contribution in [3.8, 4) is 0 Å². The van der Waals surface area contributed by atoms with E-state index in [9.17, 15) is 13.2 Å². The van der Waals surface area contributed by atoms with Gasteiger partial charge in [0.15, 0.2) is 0 Å². The zero-order valence-corrected chi connectivity index (χ0v) is 12.3. The Labute approximate surface area is 119 Å². The third-order valence-corrected chi connectivity index (χ3v) is 5.48. The van der Waals surface area contributed by atoms with E-state index in [1.807, 2.05) is 6.92 Å². The van der Waals surface area contributed by atoms with Crippen LogP contribution >= 0.6 is 0 Å². The Kier molecular flexibility index (Phi) is 4.45. The Balaban J connectivity index is 2.21. The van der Waals surface area contributed by atoms with Crippen LogP contribution in [0.5, 0.6) is 0 Å². The van der Waals surface area contributed by atoms with E-state index >= 15 is 0 Å². The number of carboxylic acids is 1. The van der Waals surface area contributed by atoms with Crippen molar-refractivity contribution >= 4 is 16.0 Å². The average molecular weight is 297 g/mol. The van der Waals surface area contributed by atoms with Gasteiger partial charge in [0.25, 0.3) is 0 Å². The van der Waals surface area contributed by atoms with Crippen molar-refractivity contribution in [3.05, 3.63) is 34.9 Å². The first kappa shape index (κ1) is 15.0. The number of unbranched alkanes of at least 4 members (excludes halogenated alkanes) is 1. The molecule has 1 aromatic carbocycles. The van der Waals surface area contributed by atoms with E-state index in [1.54, 1.807) is 18.2 Å². The summed E-state index contributed by atoms with van der Waals surface area (Å²) >= 11 is 0. The fraction of sp³-hybridized carbons (Fsp3) is 0.500. The molecule has 0 unspecified atom stereocenters. The molecule has 110 valence electrons. The first-order chi connectivity index (χ1) is 9.44. The minimum atomic E-state index is -3.24. The lowest BCUT2D eigenvalue weighted by atomic mass is 9.99. The van der Waals surface area contributed by atoms with Crippen LogP contribution in [-0.4, -0.2) is 36.1 Å². The van der Waals surface area contributed by atoms with Gasteiger partial charge in [-0.3, -0.25) is 0 Å². The van der Waals surface area contributed by atoms with Crippen molar-refractivity contribution in [1.29, 1.82) is 0 Å². The van der Waals surface area contributed by atoms with Gasteiger partial charge < -0.3 is 5.11 Å². The molecule has 1 aliphatic heterocycles. The van der Waals surface area contributed by atoms with Crippen LogP contribution in [0.25, 0.3) is 0 Å². The first-order valence-corrected chi connectivity index (χ1v) is 8.38. The Morgan fingerprint density at radius 1 is 1.35 bits per heavy atom. The van der Waals surface area contributed by atoms with Crippen molar-refractivity contribution in [2.24, 2.45) is 0 Å². The molecule has 0 fully saturated rings. The normalized spacial score (nSPS) is 15.8. The van der Waals surface area contributed by atoms with Gasteiger partial charge in [-0.25, -0.2) is 13.2 Å². The SMILES string of the molecule is CCCCS(=O)(=O)N1CCc2ccc(C(=O)O)cc2C1. The van der Waals surface area contributed by atoms with Gasteiger partial charge in [-0.2, -0.15) is 4.31 Å². The molecular weight excluding hydrogens is 278 g/mol. The summed E-state index contributed by atoms with van der Waals surface area (Å²) < 4.78 is 25.8.